The summed E-state index contributed by atoms with van der Waals surface area (Å²) >= 11 is 3.44. The number of halogens is 1. The Hall–Kier alpha value is -1.62. The lowest BCUT2D eigenvalue weighted by Gasteiger charge is -2.27. The van der Waals surface area contributed by atoms with Gasteiger partial charge in [0, 0.05) is 24.5 Å². The SMILES string of the molecule is Cn1cnc2c1CN(C(=O)Cc1cccc(Br)c1)CC2. The summed E-state index contributed by atoms with van der Waals surface area (Å²) in [6.45, 7) is 1.43. The number of benzene rings is 1. The molecule has 1 aliphatic rings. The molecule has 0 unspecified atom stereocenters. The lowest BCUT2D eigenvalue weighted by Crippen LogP contribution is -2.37. The fraction of sp³-hybridized carbons (Fsp3) is 0.333. The molecule has 104 valence electrons. The quantitative estimate of drug-likeness (QED) is 0.845. The standard InChI is InChI=1S/C15H16BrN3O/c1-18-10-17-13-5-6-19(9-14(13)18)15(20)8-11-3-2-4-12(16)7-11/h2-4,7,10H,5-6,8-9H2,1H3. The van der Waals surface area contributed by atoms with Crippen molar-refractivity contribution < 1.29 is 4.79 Å². The van der Waals surface area contributed by atoms with E-state index in [2.05, 4.69) is 20.9 Å². The Morgan fingerprint density at radius 2 is 2.30 bits per heavy atom. The minimum atomic E-state index is 0.176. The average Bonchev–Trinajstić information content (AvgIpc) is 2.80. The van der Waals surface area contributed by atoms with Crippen LogP contribution in [0.4, 0.5) is 0 Å². The molecule has 0 radical (unpaired) electrons. The molecule has 0 bridgehead atoms. The van der Waals surface area contributed by atoms with Gasteiger partial charge in [0.1, 0.15) is 0 Å². The van der Waals surface area contributed by atoms with E-state index in [1.165, 1.54) is 0 Å². The molecule has 0 atom stereocenters. The van der Waals surface area contributed by atoms with E-state index >= 15 is 0 Å². The Morgan fingerprint density at radius 3 is 3.10 bits per heavy atom. The van der Waals surface area contributed by atoms with Crippen LogP contribution in [0.1, 0.15) is 17.0 Å². The molecule has 3 rings (SSSR count). The van der Waals surface area contributed by atoms with E-state index < -0.39 is 0 Å². The number of fused-ring (bicyclic) bond motifs is 1. The zero-order valence-electron chi connectivity index (χ0n) is 11.3. The fourth-order valence-electron chi connectivity index (χ4n) is 2.56. The minimum Gasteiger partial charge on any atom is -0.336 e. The molecule has 20 heavy (non-hydrogen) atoms. The molecule has 0 saturated heterocycles. The van der Waals surface area contributed by atoms with Crippen LogP contribution >= 0.6 is 15.9 Å². The summed E-state index contributed by atoms with van der Waals surface area (Å²) in [5, 5.41) is 0. The number of imidazole rings is 1. The number of nitrogens with zero attached hydrogens (tertiary/aromatic N) is 3. The first-order valence-electron chi connectivity index (χ1n) is 6.65. The van der Waals surface area contributed by atoms with Crippen molar-refractivity contribution in [3.05, 3.63) is 52.0 Å². The van der Waals surface area contributed by atoms with Crippen molar-refractivity contribution in [2.24, 2.45) is 7.05 Å². The molecular formula is C15H16BrN3O. The Balaban J connectivity index is 1.71. The van der Waals surface area contributed by atoms with Gasteiger partial charge in [0.2, 0.25) is 5.91 Å². The van der Waals surface area contributed by atoms with Crippen LogP contribution in [0.25, 0.3) is 0 Å². The Kier molecular flexibility index (Phi) is 3.61. The second-order valence-electron chi connectivity index (χ2n) is 5.12. The molecule has 0 aliphatic carbocycles. The molecule has 0 saturated carbocycles. The predicted octanol–water partition coefficient (Wildman–Crippen LogP) is 2.31. The summed E-state index contributed by atoms with van der Waals surface area (Å²) in [4.78, 5) is 18.7. The number of aryl methyl sites for hydroxylation is 1. The van der Waals surface area contributed by atoms with Crippen molar-refractivity contribution in [1.82, 2.24) is 14.5 Å². The fourth-order valence-corrected chi connectivity index (χ4v) is 3.01. The summed E-state index contributed by atoms with van der Waals surface area (Å²) in [7, 11) is 1.98. The Labute approximate surface area is 126 Å². The summed E-state index contributed by atoms with van der Waals surface area (Å²) in [6.07, 6.45) is 3.12. The van der Waals surface area contributed by atoms with E-state index in [1.807, 2.05) is 47.1 Å². The smallest absolute Gasteiger partial charge is 0.227 e. The van der Waals surface area contributed by atoms with Crippen LogP contribution in [0.2, 0.25) is 0 Å². The first-order chi connectivity index (χ1) is 9.63. The number of carbonyl (C=O) groups is 1. The van der Waals surface area contributed by atoms with Crippen LogP contribution in [-0.2, 0) is 31.2 Å². The maximum atomic E-state index is 12.4. The lowest BCUT2D eigenvalue weighted by molar-refractivity contribution is -0.131. The van der Waals surface area contributed by atoms with Crippen molar-refractivity contribution in [2.75, 3.05) is 6.54 Å². The summed E-state index contributed by atoms with van der Waals surface area (Å²) in [5.74, 6) is 0.176. The largest absolute Gasteiger partial charge is 0.336 e. The molecule has 0 spiro atoms. The Bertz CT molecular complexity index is 650. The molecule has 1 aliphatic heterocycles. The first-order valence-corrected chi connectivity index (χ1v) is 7.44. The van der Waals surface area contributed by atoms with Crippen LogP contribution < -0.4 is 0 Å². The monoisotopic (exact) mass is 333 g/mol. The topological polar surface area (TPSA) is 38.1 Å². The van der Waals surface area contributed by atoms with Crippen molar-refractivity contribution >= 4 is 21.8 Å². The van der Waals surface area contributed by atoms with Gasteiger partial charge < -0.3 is 9.47 Å². The molecule has 2 aromatic rings. The first kappa shape index (κ1) is 13.4. The van der Waals surface area contributed by atoms with Crippen molar-refractivity contribution in [2.45, 2.75) is 19.4 Å². The molecule has 0 fully saturated rings. The van der Waals surface area contributed by atoms with E-state index in [-0.39, 0.29) is 5.91 Å². The van der Waals surface area contributed by atoms with Crippen molar-refractivity contribution in [3.63, 3.8) is 0 Å². The number of amides is 1. The predicted molar refractivity (Wildman–Crippen MR) is 80.2 cm³/mol. The molecular weight excluding hydrogens is 318 g/mol. The second-order valence-corrected chi connectivity index (χ2v) is 6.04. The van der Waals surface area contributed by atoms with E-state index in [9.17, 15) is 4.79 Å². The molecule has 1 aromatic heterocycles. The second kappa shape index (κ2) is 5.40. The number of rotatable bonds is 2. The van der Waals surface area contributed by atoms with E-state index in [0.29, 0.717) is 13.0 Å². The maximum absolute atomic E-state index is 12.4. The van der Waals surface area contributed by atoms with Crippen LogP contribution in [-0.4, -0.2) is 26.9 Å². The average molecular weight is 334 g/mol. The summed E-state index contributed by atoms with van der Waals surface area (Å²) in [6, 6.07) is 7.92. The third-order valence-electron chi connectivity index (χ3n) is 3.70. The van der Waals surface area contributed by atoms with Gasteiger partial charge >= 0.3 is 0 Å². The highest BCUT2D eigenvalue weighted by molar-refractivity contribution is 9.10. The van der Waals surface area contributed by atoms with Gasteiger partial charge in [-0.15, -0.1) is 0 Å². The van der Waals surface area contributed by atoms with E-state index in [0.717, 1.165) is 34.4 Å². The van der Waals surface area contributed by atoms with Gasteiger partial charge in [0.05, 0.1) is 30.7 Å². The van der Waals surface area contributed by atoms with Crippen molar-refractivity contribution in [1.29, 1.82) is 0 Å². The van der Waals surface area contributed by atoms with Crippen LogP contribution in [0, 0.1) is 0 Å². The third-order valence-corrected chi connectivity index (χ3v) is 4.20. The molecule has 1 aromatic carbocycles. The number of aromatic nitrogens is 2. The summed E-state index contributed by atoms with van der Waals surface area (Å²) in [5.41, 5.74) is 3.32. The zero-order chi connectivity index (χ0) is 14.1. The molecule has 0 N–H and O–H groups in total. The Morgan fingerprint density at radius 1 is 1.45 bits per heavy atom. The van der Waals surface area contributed by atoms with Gasteiger partial charge in [-0.25, -0.2) is 4.98 Å². The van der Waals surface area contributed by atoms with Gasteiger partial charge in [0.15, 0.2) is 0 Å². The number of carbonyl (C=O) groups excluding carboxylic acids is 1. The summed E-state index contributed by atoms with van der Waals surface area (Å²) < 4.78 is 3.02. The van der Waals surface area contributed by atoms with E-state index in [1.54, 1.807) is 0 Å². The minimum absolute atomic E-state index is 0.176. The van der Waals surface area contributed by atoms with E-state index in [4.69, 9.17) is 0 Å². The highest BCUT2D eigenvalue weighted by Gasteiger charge is 2.23. The molecule has 5 heteroatoms. The maximum Gasteiger partial charge on any atom is 0.227 e. The van der Waals surface area contributed by atoms with Crippen LogP contribution in [0.5, 0.6) is 0 Å². The van der Waals surface area contributed by atoms with Crippen LogP contribution in [0.15, 0.2) is 35.1 Å². The number of hydrogen-bond donors (Lipinski definition) is 0. The third kappa shape index (κ3) is 2.63. The molecule has 2 heterocycles. The van der Waals surface area contributed by atoms with Crippen molar-refractivity contribution in [3.8, 4) is 0 Å². The highest BCUT2D eigenvalue weighted by Crippen LogP contribution is 2.19. The van der Waals surface area contributed by atoms with Crippen LogP contribution in [0.3, 0.4) is 0 Å². The van der Waals surface area contributed by atoms with Gasteiger partial charge in [0.25, 0.3) is 0 Å². The normalized spacial score (nSPS) is 14.2. The molecule has 1 amide bonds. The highest BCUT2D eigenvalue weighted by atomic mass is 79.9. The lowest BCUT2D eigenvalue weighted by atomic mass is 10.1. The zero-order valence-corrected chi connectivity index (χ0v) is 12.9. The van der Waals surface area contributed by atoms with Gasteiger partial charge in [-0.1, -0.05) is 28.1 Å². The van der Waals surface area contributed by atoms with Gasteiger partial charge in [-0.3, -0.25) is 4.79 Å². The van der Waals surface area contributed by atoms with Gasteiger partial charge in [-0.2, -0.15) is 0 Å². The number of hydrogen-bond acceptors (Lipinski definition) is 2. The van der Waals surface area contributed by atoms with Gasteiger partial charge in [-0.05, 0) is 17.7 Å². The molecule has 4 nitrogen and oxygen atoms in total.